The van der Waals surface area contributed by atoms with Crippen LogP contribution >= 0.6 is 0 Å². The van der Waals surface area contributed by atoms with Crippen molar-refractivity contribution in [1.29, 1.82) is 0 Å². The lowest BCUT2D eigenvalue weighted by atomic mass is 9.77. The second kappa shape index (κ2) is 14.3. The first kappa shape index (κ1) is 27.2. The second-order valence-corrected chi connectivity index (χ2v) is 10.9. The first-order valence-corrected chi connectivity index (χ1v) is 14.1. The molecule has 1 fully saturated rings. The summed E-state index contributed by atoms with van der Waals surface area (Å²) in [4.78, 5) is 13.7. The Morgan fingerprint density at radius 2 is 1.46 bits per heavy atom. The van der Waals surface area contributed by atoms with Crippen molar-refractivity contribution in [1.82, 2.24) is 4.90 Å². The van der Waals surface area contributed by atoms with E-state index in [9.17, 15) is 4.79 Å². The number of hydrogen-bond acceptors (Lipinski definition) is 1. The third kappa shape index (κ3) is 8.67. The number of carbonyl (C=O) groups excluding carboxylic acids is 1. The summed E-state index contributed by atoms with van der Waals surface area (Å²) in [6.07, 6.45) is 16.0. The predicted molar refractivity (Wildman–Crippen MR) is 151 cm³/mol. The van der Waals surface area contributed by atoms with E-state index in [1.165, 1.54) is 86.5 Å². The van der Waals surface area contributed by atoms with E-state index in [0.29, 0.717) is 5.57 Å². The van der Waals surface area contributed by atoms with Crippen LogP contribution in [0.1, 0.15) is 102 Å². The molecular weight excluding hydrogens is 426 g/mol. The molecule has 0 aromatic heterocycles. The lowest BCUT2D eigenvalue weighted by Crippen LogP contribution is -2.28. The molecule has 0 atom stereocenters. The molecule has 1 saturated carbocycles. The Morgan fingerprint density at radius 1 is 0.857 bits per heavy atom. The SMILES string of the molecule is C=C(C)C(=O)N(C)CCCc1ccc(-c2ccc(C3CCC(CCCCCCC)CC3)cc2)cc1. The van der Waals surface area contributed by atoms with Gasteiger partial charge in [0.25, 0.3) is 0 Å². The average Bonchev–Trinajstić information content (AvgIpc) is 2.89. The minimum Gasteiger partial charge on any atom is -0.342 e. The third-order valence-electron chi connectivity index (χ3n) is 7.90. The third-order valence-corrected chi connectivity index (χ3v) is 7.90. The minimum absolute atomic E-state index is 0.0367. The largest absolute Gasteiger partial charge is 0.342 e. The molecule has 3 rings (SSSR count). The highest BCUT2D eigenvalue weighted by atomic mass is 16.2. The predicted octanol–water partition coefficient (Wildman–Crippen LogP) is 8.96. The zero-order valence-corrected chi connectivity index (χ0v) is 22.5. The van der Waals surface area contributed by atoms with Crippen LogP contribution in [0.4, 0.5) is 0 Å². The maximum absolute atomic E-state index is 11.9. The lowest BCUT2D eigenvalue weighted by molar-refractivity contribution is -0.125. The van der Waals surface area contributed by atoms with E-state index >= 15 is 0 Å². The first-order valence-electron chi connectivity index (χ1n) is 14.1. The van der Waals surface area contributed by atoms with Gasteiger partial charge in [0.15, 0.2) is 0 Å². The second-order valence-electron chi connectivity index (χ2n) is 10.9. The van der Waals surface area contributed by atoms with Crippen LogP contribution in [-0.4, -0.2) is 24.4 Å². The fourth-order valence-electron chi connectivity index (χ4n) is 5.58. The summed E-state index contributed by atoms with van der Waals surface area (Å²) >= 11 is 0. The van der Waals surface area contributed by atoms with Gasteiger partial charge in [-0.1, -0.05) is 101 Å². The summed E-state index contributed by atoms with van der Waals surface area (Å²) in [5.41, 5.74) is 6.03. The molecule has 0 spiro atoms. The van der Waals surface area contributed by atoms with Crippen molar-refractivity contribution in [3.05, 3.63) is 71.8 Å². The van der Waals surface area contributed by atoms with Gasteiger partial charge in [-0.25, -0.2) is 0 Å². The number of aryl methyl sites for hydroxylation is 1. The molecule has 0 saturated heterocycles. The summed E-state index contributed by atoms with van der Waals surface area (Å²) in [7, 11) is 1.85. The Balaban J connectivity index is 1.43. The number of hydrogen-bond donors (Lipinski definition) is 0. The summed E-state index contributed by atoms with van der Waals surface area (Å²) in [6.45, 7) is 8.57. The van der Waals surface area contributed by atoms with E-state index in [-0.39, 0.29) is 5.91 Å². The molecule has 2 nitrogen and oxygen atoms in total. The highest BCUT2D eigenvalue weighted by molar-refractivity contribution is 5.91. The number of rotatable bonds is 13. The van der Waals surface area contributed by atoms with Crippen LogP contribution < -0.4 is 0 Å². The van der Waals surface area contributed by atoms with Gasteiger partial charge in [0, 0.05) is 19.2 Å². The Bertz CT molecular complexity index is 903. The fourth-order valence-corrected chi connectivity index (χ4v) is 5.58. The van der Waals surface area contributed by atoms with E-state index < -0.39 is 0 Å². The van der Waals surface area contributed by atoms with E-state index in [0.717, 1.165) is 31.2 Å². The van der Waals surface area contributed by atoms with Gasteiger partial charge in [0.1, 0.15) is 0 Å². The monoisotopic (exact) mass is 473 g/mol. The maximum atomic E-state index is 11.9. The normalized spacial score (nSPS) is 17.8. The van der Waals surface area contributed by atoms with Gasteiger partial charge >= 0.3 is 0 Å². The smallest absolute Gasteiger partial charge is 0.248 e. The van der Waals surface area contributed by atoms with Crippen molar-refractivity contribution < 1.29 is 4.79 Å². The van der Waals surface area contributed by atoms with Gasteiger partial charge in [-0.2, -0.15) is 0 Å². The van der Waals surface area contributed by atoms with Gasteiger partial charge in [-0.15, -0.1) is 0 Å². The van der Waals surface area contributed by atoms with Crippen molar-refractivity contribution in [3.63, 3.8) is 0 Å². The first-order chi connectivity index (χ1) is 17.0. The minimum atomic E-state index is 0.0367. The Hall–Kier alpha value is -2.35. The van der Waals surface area contributed by atoms with Gasteiger partial charge in [0.05, 0.1) is 0 Å². The summed E-state index contributed by atoms with van der Waals surface area (Å²) in [5.74, 6) is 1.75. The lowest BCUT2D eigenvalue weighted by Gasteiger charge is -2.29. The molecule has 0 unspecified atom stereocenters. The van der Waals surface area contributed by atoms with Crippen LogP contribution in [0.15, 0.2) is 60.7 Å². The standard InChI is InChI=1S/C33H47NO/c1-5-6-7-8-9-11-27-13-17-29(18-14-27)31-21-23-32(24-22-31)30-19-15-28(16-20-30)12-10-25-34(4)33(35)26(2)3/h15-16,19-24,27,29H,2,5-14,17-18,25H2,1,3-4H3. The summed E-state index contributed by atoms with van der Waals surface area (Å²) < 4.78 is 0. The quantitative estimate of drug-likeness (QED) is 0.210. The molecule has 1 amide bonds. The number of unbranched alkanes of at least 4 members (excludes halogenated alkanes) is 4. The number of nitrogens with zero attached hydrogens (tertiary/aromatic N) is 1. The molecule has 1 aliphatic carbocycles. The van der Waals surface area contributed by atoms with Crippen LogP contribution in [0.25, 0.3) is 11.1 Å². The van der Waals surface area contributed by atoms with Crippen LogP contribution in [0, 0.1) is 5.92 Å². The molecule has 1 aliphatic rings. The van der Waals surface area contributed by atoms with Gasteiger partial charge in [0.2, 0.25) is 5.91 Å². The Morgan fingerprint density at radius 3 is 2.06 bits per heavy atom. The topological polar surface area (TPSA) is 20.3 Å². The van der Waals surface area contributed by atoms with Crippen LogP contribution in [0.2, 0.25) is 0 Å². The van der Waals surface area contributed by atoms with Crippen molar-refractivity contribution >= 4 is 5.91 Å². The number of carbonyl (C=O) groups is 1. The molecule has 0 aliphatic heterocycles. The number of amides is 1. The zero-order valence-electron chi connectivity index (χ0n) is 22.5. The van der Waals surface area contributed by atoms with Crippen molar-refractivity contribution in [2.45, 2.75) is 96.8 Å². The zero-order chi connectivity index (χ0) is 25.0. The van der Waals surface area contributed by atoms with Crippen LogP contribution in [0.5, 0.6) is 0 Å². The summed E-state index contributed by atoms with van der Waals surface area (Å²) in [5, 5.41) is 0. The van der Waals surface area contributed by atoms with E-state index in [2.05, 4.69) is 62.0 Å². The highest BCUT2D eigenvalue weighted by Gasteiger charge is 2.22. The van der Waals surface area contributed by atoms with Gasteiger partial charge in [-0.05, 0) is 79.5 Å². The van der Waals surface area contributed by atoms with E-state index in [1.807, 2.05) is 7.05 Å². The molecule has 2 heteroatoms. The van der Waals surface area contributed by atoms with Crippen molar-refractivity contribution in [2.24, 2.45) is 5.92 Å². The van der Waals surface area contributed by atoms with Crippen molar-refractivity contribution in [3.8, 4) is 11.1 Å². The molecule has 190 valence electrons. The molecule has 2 aromatic carbocycles. The summed E-state index contributed by atoms with van der Waals surface area (Å²) in [6, 6.07) is 18.3. The molecule has 0 heterocycles. The fraction of sp³-hybridized carbons (Fsp3) is 0.545. The molecule has 0 bridgehead atoms. The molecule has 35 heavy (non-hydrogen) atoms. The Kier molecular flexibility index (Phi) is 11.1. The number of likely N-dealkylation sites (N-methyl/N-ethyl adjacent to an activating group) is 1. The molecule has 0 radical (unpaired) electrons. The van der Waals surface area contributed by atoms with Crippen molar-refractivity contribution in [2.75, 3.05) is 13.6 Å². The molecule has 2 aromatic rings. The molecule has 0 N–H and O–H groups in total. The van der Waals surface area contributed by atoms with Gasteiger partial charge in [-0.3, -0.25) is 4.79 Å². The van der Waals surface area contributed by atoms with E-state index in [1.54, 1.807) is 11.8 Å². The average molecular weight is 474 g/mol. The maximum Gasteiger partial charge on any atom is 0.248 e. The molecular formula is C33H47NO. The number of benzene rings is 2. The Labute approximate surface area is 214 Å². The van der Waals surface area contributed by atoms with Gasteiger partial charge < -0.3 is 4.90 Å². The van der Waals surface area contributed by atoms with E-state index in [4.69, 9.17) is 0 Å². The van der Waals surface area contributed by atoms with Crippen LogP contribution in [-0.2, 0) is 11.2 Å². The highest BCUT2D eigenvalue weighted by Crippen LogP contribution is 2.38. The van der Waals surface area contributed by atoms with Crippen LogP contribution in [0.3, 0.4) is 0 Å².